The largest absolute Gasteiger partial charge is 0.494 e. The molecule has 12 nitrogen and oxygen atoms in total. The van der Waals surface area contributed by atoms with Crippen LogP contribution in [0.25, 0.3) is 0 Å². The van der Waals surface area contributed by atoms with Crippen LogP contribution in [0.3, 0.4) is 0 Å². The van der Waals surface area contributed by atoms with Crippen LogP contribution in [0.1, 0.15) is 12.5 Å². The maximum Gasteiger partial charge on any atom is 0.414 e. The van der Waals surface area contributed by atoms with E-state index in [-0.39, 0.29) is 10.6 Å². The molecule has 1 saturated heterocycles. The Morgan fingerprint density at radius 1 is 1.00 bits per heavy atom. The number of ether oxygens (including phenoxy) is 1. The number of nitro benzene ring substituents is 1. The molecule has 0 amide bonds. The highest BCUT2D eigenvalue weighted by atomic mass is 32.2. The van der Waals surface area contributed by atoms with Crippen molar-refractivity contribution >= 4 is 27.6 Å². The van der Waals surface area contributed by atoms with Crippen molar-refractivity contribution in [2.24, 2.45) is 0 Å². The van der Waals surface area contributed by atoms with E-state index >= 15 is 0 Å². The summed E-state index contributed by atoms with van der Waals surface area (Å²) >= 11 is 0. The van der Waals surface area contributed by atoms with Crippen LogP contribution in [-0.2, 0) is 26.2 Å². The number of piperazine rings is 1. The van der Waals surface area contributed by atoms with Crippen LogP contribution in [0.15, 0.2) is 53.4 Å². The van der Waals surface area contributed by atoms with Crippen LogP contribution < -0.4 is 4.74 Å². The average Bonchev–Trinajstić information content (AvgIpc) is 2.81. The smallest absolute Gasteiger partial charge is 0.414 e. The van der Waals surface area contributed by atoms with E-state index in [1.54, 1.807) is 0 Å². The van der Waals surface area contributed by atoms with Crippen LogP contribution in [0.4, 0.5) is 5.69 Å². The molecule has 0 spiro atoms. The monoisotopic (exact) mass is 495 g/mol. The van der Waals surface area contributed by atoms with Gasteiger partial charge in [-0.25, -0.2) is 18.0 Å². The van der Waals surface area contributed by atoms with Crippen molar-refractivity contribution in [3.05, 3.63) is 64.2 Å². The number of carboxylic acids is 2. The topological polar surface area (TPSA) is 168 Å². The zero-order chi connectivity index (χ0) is 25.3. The summed E-state index contributed by atoms with van der Waals surface area (Å²) in [5.41, 5.74) is 0.952. The number of hydrogen-bond donors (Lipinski definition) is 2. The lowest BCUT2D eigenvalue weighted by Gasteiger charge is -2.34. The maximum absolute atomic E-state index is 12.8. The third kappa shape index (κ3) is 7.23. The van der Waals surface area contributed by atoms with Crippen molar-refractivity contribution in [2.45, 2.75) is 18.4 Å². The highest BCUT2D eigenvalue weighted by molar-refractivity contribution is 7.89. The van der Waals surface area contributed by atoms with Crippen LogP contribution in [0, 0.1) is 10.1 Å². The molecule has 0 aromatic heterocycles. The molecular weight excluding hydrogens is 470 g/mol. The SMILES string of the molecule is CCOc1ccccc1CN1CCN(S(=O)(=O)c2ccc([N+](=O)[O-])cc2)CC1.O=C(O)C(=O)O. The van der Waals surface area contributed by atoms with Crippen molar-refractivity contribution in [2.75, 3.05) is 32.8 Å². The molecule has 13 heteroatoms. The first kappa shape index (κ1) is 26.7. The first-order chi connectivity index (χ1) is 16.1. The summed E-state index contributed by atoms with van der Waals surface area (Å²) in [6.45, 7) is 5.18. The Bertz CT molecular complexity index is 1100. The molecule has 1 heterocycles. The molecule has 0 saturated carbocycles. The Labute approximate surface area is 196 Å². The van der Waals surface area contributed by atoms with E-state index in [0.717, 1.165) is 11.3 Å². The Morgan fingerprint density at radius 2 is 1.56 bits per heavy atom. The second-order valence-electron chi connectivity index (χ2n) is 7.08. The van der Waals surface area contributed by atoms with Gasteiger partial charge in [-0.15, -0.1) is 0 Å². The summed E-state index contributed by atoms with van der Waals surface area (Å²) in [4.78, 5) is 30.7. The third-order valence-corrected chi connectivity index (χ3v) is 6.78. The number of para-hydroxylation sites is 1. The van der Waals surface area contributed by atoms with Gasteiger partial charge in [0.2, 0.25) is 10.0 Å². The number of hydrogen-bond acceptors (Lipinski definition) is 8. The lowest BCUT2D eigenvalue weighted by Crippen LogP contribution is -2.48. The molecular formula is C21H25N3O9S. The molecule has 184 valence electrons. The molecule has 1 aliphatic heterocycles. The fraction of sp³-hybridized carbons (Fsp3) is 0.333. The number of rotatable bonds is 7. The van der Waals surface area contributed by atoms with Crippen molar-refractivity contribution in [1.82, 2.24) is 9.21 Å². The van der Waals surface area contributed by atoms with Crippen LogP contribution in [0.5, 0.6) is 5.75 Å². The Kier molecular flexibility index (Phi) is 9.47. The first-order valence-electron chi connectivity index (χ1n) is 10.2. The van der Waals surface area contributed by atoms with Crippen molar-refractivity contribution < 1.29 is 37.9 Å². The lowest BCUT2D eigenvalue weighted by molar-refractivity contribution is -0.384. The highest BCUT2D eigenvalue weighted by Crippen LogP contribution is 2.23. The molecule has 0 unspecified atom stereocenters. The predicted molar refractivity (Wildman–Crippen MR) is 120 cm³/mol. The van der Waals surface area contributed by atoms with Crippen molar-refractivity contribution in [1.29, 1.82) is 0 Å². The minimum absolute atomic E-state index is 0.0771. The molecule has 34 heavy (non-hydrogen) atoms. The number of nitrogens with zero attached hydrogens (tertiary/aromatic N) is 3. The molecule has 1 fully saturated rings. The minimum Gasteiger partial charge on any atom is -0.494 e. The molecule has 0 atom stereocenters. The van der Waals surface area contributed by atoms with E-state index in [1.807, 2.05) is 31.2 Å². The molecule has 1 aliphatic rings. The molecule has 2 aromatic carbocycles. The Balaban J connectivity index is 0.000000604. The fourth-order valence-corrected chi connectivity index (χ4v) is 4.61. The van der Waals surface area contributed by atoms with E-state index in [1.165, 1.54) is 28.6 Å². The quantitative estimate of drug-likeness (QED) is 0.327. The minimum atomic E-state index is -3.66. The van der Waals surface area contributed by atoms with Gasteiger partial charge in [-0.1, -0.05) is 18.2 Å². The number of sulfonamides is 1. The molecule has 0 bridgehead atoms. The van der Waals surface area contributed by atoms with Gasteiger partial charge in [0.15, 0.2) is 0 Å². The van der Waals surface area contributed by atoms with E-state index in [0.29, 0.717) is 39.3 Å². The van der Waals surface area contributed by atoms with E-state index in [2.05, 4.69) is 4.90 Å². The number of benzene rings is 2. The Morgan fingerprint density at radius 3 is 2.06 bits per heavy atom. The van der Waals surface area contributed by atoms with Gasteiger partial charge in [0.1, 0.15) is 5.75 Å². The normalized spacial score (nSPS) is 14.5. The summed E-state index contributed by atoms with van der Waals surface area (Å²) in [6, 6.07) is 12.9. The number of carbonyl (C=O) groups is 2. The summed E-state index contributed by atoms with van der Waals surface area (Å²) in [5, 5.41) is 25.5. The Hall–Kier alpha value is -3.55. The second kappa shape index (κ2) is 12.1. The van der Waals surface area contributed by atoms with Gasteiger partial charge in [0.25, 0.3) is 5.69 Å². The molecule has 3 rings (SSSR count). The van der Waals surface area contributed by atoms with Crippen LogP contribution in [0.2, 0.25) is 0 Å². The summed E-state index contributed by atoms with van der Waals surface area (Å²) in [6.07, 6.45) is 0. The van der Waals surface area contributed by atoms with Crippen LogP contribution in [-0.4, -0.2) is 77.5 Å². The summed E-state index contributed by atoms with van der Waals surface area (Å²) < 4.78 is 32.7. The first-order valence-corrected chi connectivity index (χ1v) is 11.6. The highest BCUT2D eigenvalue weighted by Gasteiger charge is 2.29. The van der Waals surface area contributed by atoms with Crippen molar-refractivity contribution in [3.8, 4) is 5.75 Å². The lowest BCUT2D eigenvalue weighted by atomic mass is 10.2. The van der Waals surface area contributed by atoms with Gasteiger partial charge >= 0.3 is 11.9 Å². The summed E-state index contributed by atoms with van der Waals surface area (Å²) in [7, 11) is -3.66. The van der Waals surface area contributed by atoms with Gasteiger partial charge in [-0.2, -0.15) is 4.31 Å². The number of aliphatic carboxylic acids is 2. The van der Waals surface area contributed by atoms with E-state index in [9.17, 15) is 18.5 Å². The molecule has 2 N–H and O–H groups in total. The van der Waals surface area contributed by atoms with Gasteiger partial charge in [-0.05, 0) is 25.1 Å². The molecule has 0 aliphatic carbocycles. The molecule has 2 aromatic rings. The molecule has 0 radical (unpaired) electrons. The predicted octanol–water partition coefficient (Wildman–Crippen LogP) is 1.66. The third-order valence-electron chi connectivity index (χ3n) is 4.87. The number of non-ortho nitro benzene ring substituents is 1. The fourth-order valence-electron chi connectivity index (χ4n) is 3.19. The van der Waals surface area contributed by atoms with Gasteiger partial charge in [0, 0.05) is 50.4 Å². The zero-order valence-electron chi connectivity index (χ0n) is 18.4. The van der Waals surface area contributed by atoms with Crippen LogP contribution >= 0.6 is 0 Å². The summed E-state index contributed by atoms with van der Waals surface area (Å²) in [5.74, 6) is -2.80. The number of carboxylic acid groups (broad SMARTS) is 2. The maximum atomic E-state index is 12.8. The average molecular weight is 496 g/mol. The van der Waals surface area contributed by atoms with Gasteiger partial charge in [0.05, 0.1) is 16.4 Å². The number of nitro groups is 1. The van der Waals surface area contributed by atoms with Crippen molar-refractivity contribution in [3.63, 3.8) is 0 Å². The van der Waals surface area contributed by atoms with E-state index < -0.39 is 26.9 Å². The second-order valence-corrected chi connectivity index (χ2v) is 9.02. The standard InChI is InChI=1S/C19H23N3O5S.C2H2O4/c1-2-27-19-6-4-3-5-16(19)15-20-11-13-21(14-12-20)28(25,26)18-9-7-17(8-10-18)22(23)24;3-1(4)2(5)6/h3-10H,2,11-15H2,1H3;(H,3,4)(H,5,6). The van der Waals surface area contributed by atoms with E-state index in [4.69, 9.17) is 24.5 Å². The van der Waals surface area contributed by atoms with Gasteiger partial charge in [-0.3, -0.25) is 15.0 Å². The van der Waals surface area contributed by atoms with Gasteiger partial charge < -0.3 is 14.9 Å². The zero-order valence-corrected chi connectivity index (χ0v) is 19.2.